The summed E-state index contributed by atoms with van der Waals surface area (Å²) in [6.45, 7) is 2.03. The van der Waals surface area contributed by atoms with Crippen LogP contribution in [0.25, 0.3) is 5.69 Å². The molecule has 138 valence electrons. The number of carbonyl (C=O) groups excluding carboxylic acids is 1. The Kier molecular flexibility index (Phi) is 4.67. The van der Waals surface area contributed by atoms with Crippen LogP contribution in [0.4, 0.5) is 0 Å². The first-order valence-electron chi connectivity index (χ1n) is 9.24. The fourth-order valence-electron chi connectivity index (χ4n) is 3.69. The van der Waals surface area contributed by atoms with E-state index in [9.17, 15) is 4.79 Å². The Hall–Kier alpha value is -3.08. The summed E-state index contributed by atoms with van der Waals surface area (Å²) in [5.41, 5.74) is 5.08. The molecule has 0 saturated heterocycles. The number of amides is 1. The molecule has 5 heteroatoms. The molecular formula is C22H23N3O2. The first-order valence-corrected chi connectivity index (χ1v) is 9.24. The molecule has 0 radical (unpaired) electrons. The Morgan fingerprint density at radius 3 is 2.93 bits per heavy atom. The van der Waals surface area contributed by atoms with Gasteiger partial charge >= 0.3 is 0 Å². The van der Waals surface area contributed by atoms with E-state index < -0.39 is 0 Å². The largest absolute Gasteiger partial charge is 0.497 e. The van der Waals surface area contributed by atoms with E-state index in [2.05, 4.69) is 16.5 Å². The molecule has 1 aliphatic rings. The summed E-state index contributed by atoms with van der Waals surface area (Å²) in [6, 6.07) is 14.1. The van der Waals surface area contributed by atoms with E-state index in [0.717, 1.165) is 41.8 Å². The number of aromatic nitrogens is 2. The molecule has 0 bridgehead atoms. The van der Waals surface area contributed by atoms with Crippen LogP contribution in [0.15, 0.2) is 54.9 Å². The van der Waals surface area contributed by atoms with Gasteiger partial charge < -0.3 is 10.1 Å². The molecule has 1 amide bonds. The van der Waals surface area contributed by atoms with Crippen LogP contribution in [0, 0.1) is 6.92 Å². The molecule has 0 saturated carbocycles. The smallest absolute Gasteiger partial charge is 0.254 e. The minimum absolute atomic E-state index is 0.00170. The molecule has 1 N–H and O–H groups in total. The average molecular weight is 361 g/mol. The number of methoxy groups -OCH3 is 1. The number of hydrogen-bond acceptors (Lipinski definition) is 3. The maximum absolute atomic E-state index is 12.8. The third kappa shape index (κ3) is 3.45. The number of nitrogens with one attached hydrogen (secondary N) is 1. The molecular weight excluding hydrogens is 338 g/mol. The van der Waals surface area contributed by atoms with E-state index in [0.29, 0.717) is 5.56 Å². The number of ether oxygens (including phenoxy) is 1. The Balaban J connectivity index is 1.55. The molecule has 0 aliphatic heterocycles. The van der Waals surface area contributed by atoms with Gasteiger partial charge in [-0.2, -0.15) is 5.10 Å². The number of carbonyl (C=O) groups is 1. The summed E-state index contributed by atoms with van der Waals surface area (Å²) in [5, 5.41) is 7.54. The number of para-hydroxylation sites is 1. The first kappa shape index (κ1) is 17.3. The van der Waals surface area contributed by atoms with Crippen molar-refractivity contribution < 1.29 is 9.53 Å². The van der Waals surface area contributed by atoms with Gasteiger partial charge in [0.25, 0.3) is 5.91 Å². The lowest BCUT2D eigenvalue weighted by atomic mass is 9.87. The highest BCUT2D eigenvalue weighted by Crippen LogP contribution is 2.32. The molecule has 1 aromatic heterocycles. The van der Waals surface area contributed by atoms with Crippen LogP contribution >= 0.6 is 0 Å². The third-order valence-corrected chi connectivity index (χ3v) is 5.18. The van der Waals surface area contributed by atoms with Crippen LogP contribution in [0.5, 0.6) is 5.75 Å². The zero-order valence-electron chi connectivity index (χ0n) is 15.6. The van der Waals surface area contributed by atoms with Gasteiger partial charge in [-0.3, -0.25) is 4.79 Å². The van der Waals surface area contributed by atoms with E-state index in [-0.39, 0.29) is 11.9 Å². The molecule has 0 fully saturated rings. The van der Waals surface area contributed by atoms with E-state index in [1.54, 1.807) is 24.2 Å². The van der Waals surface area contributed by atoms with Gasteiger partial charge in [0.1, 0.15) is 5.75 Å². The van der Waals surface area contributed by atoms with E-state index in [1.807, 2.05) is 43.3 Å². The molecule has 0 spiro atoms. The van der Waals surface area contributed by atoms with Crippen molar-refractivity contribution in [1.29, 1.82) is 0 Å². The third-order valence-electron chi connectivity index (χ3n) is 5.18. The van der Waals surface area contributed by atoms with Gasteiger partial charge in [-0.25, -0.2) is 4.68 Å². The topological polar surface area (TPSA) is 56.1 Å². The second-order valence-corrected chi connectivity index (χ2v) is 6.94. The van der Waals surface area contributed by atoms with Gasteiger partial charge in [-0.15, -0.1) is 0 Å². The van der Waals surface area contributed by atoms with Crippen LogP contribution in [-0.4, -0.2) is 22.8 Å². The molecule has 3 aromatic rings. The molecule has 4 rings (SSSR count). The normalized spacial score (nSPS) is 15.9. The quantitative estimate of drug-likeness (QED) is 0.764. The lowest BCUT2D eigenvalue weighted by Gasteiger charge is -2.26. The number of fused-ring (bicyclic) bond motifs is 1. The van der Waals surface area contributed by atoms with Gasteiger partial charge in [-0.05, 0) is 61.1 Å². The van der Waals surface area contributed by atoms with Crippen LogP contribution in [0.3, 0.4) is 0 Å². The van der Waals surface area contributed by atoms with Crippen LogP contribution in [-0.2, 0) is 6.42 Å². The van der Waals surface area contributed by atoms with Crippen molar-refractivity contribution in [2.24, 2.45) is 0 Å². The molecule has 1 aliphatic carbocycles. The minimum atomic E-state index is -0.101. The summed E-state index contributed by atoms with van der Waals surface area (Å²) >= 11 is 0. The maximum atomic E-state index is 12.8. The second kappa shape index (κ2) is 7.27. The van der Waals surface area contributed by atoms with E-state index in [1.165, 1.54) is 5.56 Å². The predicted molar refractivity (Wildman–Crippen MR) is 104 cm³/mol. The zero-order chi connectivity index (χ0) is 18.8. The summed E-state index contributed by atoms with van der Waals surface area (Å²) in [5.74, 6) is 0.720. The van der Waals surface area contributed by atoms with Crippen molar-refractivity contribution in [3.05, 3.63) is 77.1 Å². The zero-order valence-corrected chi connectivity index (χ0v) is 15.6. The van der Waals surface area contributed by atoms with Crippen LogP contribution in [0.1, 0.15) is 45.9 Å². The van der Waals surface area contributed by atoms with Crippen molar-refractivity contribution in [3.63, 3.8) is 0 Å². The Bertz CT molecular complexity index is 977. The van der Waals surface area contributed by atoms with Crippen LogP contribution in [0.2, 0.25) is 0 Å². The van der Waals surface area contributed by atoms with Gasteiger partial charge in [0.05, 0.1) is 30.6 Å². The lowest BCUT2D eigenvalue weighted by molar-refractivity contribution is 0.0932. The summed E-state index contributed by atoms with van der Waals surface area (Å²) in [7, 11) is 1.66. The summed E-state index contributed by atoms with van der Waals surface area (Å²) in [6.07, 6.45) is 6.44. The van der Waals surface area contributed by atoms with Crippen molar-refractivity contribution in [2.75, 3.05) is 7.11 Å². The molecule has 2 aromatic carbocycles. The SMILES string of the molecule is COc1ccc2c(c1)C(NC(=O)c1cnn(-c3ccccc3C)c1)CCC2. The molecule has 27 heavy (non-hydrogen) atoms. The summed E-state index contributed by atoms with van der Waals surface area (Å²) < 4.78 is 7.11. The second-order valence-electron chi connectivity index (χ2n) is 6.94. The van der Waals surface area contributed by atoms with Crippen molar-refractivity contribution in [3.8, 4) is 11.4 Å². The summed E-state index contributed by atoms with van der Waals surface area (Å²) in [4.78, 5) is 12.8. The Morgan fingerprint density at radius 1 is 1.26 bits per heavy atom. The highest BCUT2D eigenvalue weighted by Gasteiger charge is 2.23. The maximum Gasteiger partial charge on any atom is 0.254 e. The Labute approximate surface area is 159 Å². The van der Waals surface area contributed by atoms with Gasteiger partial charge in [-0.1, -0.05) is 24.3 Å². The van der Waals surface area contributed by atoms with Crippen LogP contribution < -0.4 is 10.1 Å². The molecule has 1 atom stereocenters. The fourth-order valence-corrected chi connectivity index (χ4v) is 3.69. The molecule has 1 heterocycles. The van der Waals surface area contributed by atoms with Crippen molar-refractivity contribution >= 4 is 5.91 Å². The highest BCUT2D eigenvalue weighted by molar-refractivity contribution is 5.94. The molecule has 5 nitrogen and oxygen atoms in total. The average Bonchev–Trinajstić information content (AvgIpc) is 3.18. The number of aryl methyl sites for hydroxylation is 2. The highest BCUT2D eigenvalue weighted by atomic mass is 16.5. The van der Waals surface area contributed by atoms with Crippen molar-refractivity contribution in [2.45, 2.75) is 32.2 Å². The number of nitrogens with zero attached hydrogens (tertiary/aromatic N) is 2. The van der Waals surface area contributed by atoms with Crippen molar-refractivity contribution in [1.82, 2.24) is 15.1 Å². The van der Waals surface area contributed by atoms with E-state index >= 15 is 0 Å². The molecule has 1 unspecified atom stereocenters. The van der Waals surface area contributed by atoms with Gasteiger partial charge in [0.2, 0.25) is 0 Å². The number of hydrogen-bond donors (Lipinski definition) is 1. The standard InChI is InChI=1S/C22H23N3O2/c1-15-6-3-4-9-21(15)25-14-17(13-23-25)22(26)24-20-8-5-7-16-10-11-18(27-2)12-19(16)20/h3-4,6,9-14,20H,5,7-8H2,1-2H3,(H,24,26). The number of benzene rings is 2. The fraction of sp³-hybridized carbons (Fsp3) is 0.273. The predicted octanol–water partition coefficient (Wildman–Crippen LogP) is 4.00. The minimum Gasteiger partial charge on any atom is -0.497 e. The van der Waals surface area contributed by atoms with Gasteiger partial charge in [0.15, 0.2) is 0 Å². The number of rotatable bonds is 4. The lowest BCUT2D eigenvalue weighted by Crippen LogP contribution is -2.30. The Morgan fingerprint density at radius 2 is 2.11 bits per heavy atom. The monoisotopic (exact) mass is 361 g/mol. The van der Waals surface area contributed by atoms with E-state index in [4.69, 9.17) is 4.74 Å². The first-order chi connectivity index (χ1) is 13.2. The van der Waals surface area contributed by atoms with Gasteiger partial charge in [0, 0.05) is 6.20 Å².